The van der Waals surface area contributed by atoms with E-state index in [0.29, 0.717) is 40.2 Å². The molecule has 1 aromatic heterocycles. The van der Waals surface area contributed by atoms with E-state index in [4.69, 9.17) is 28.4 Å². The number of aromatic nitrogens is 2. The molecule has 2 atom stereocenters. The summed E-state index contributed by atoms with van der Waals surface area (Å²) in [7, 11) is 6.31. The quantitative estimate of drug-likeness (QED) is 0.103. The van der Waals surface area contributed by atoms with Gasteiger partial charge in [-0.2, -0.15) is 0 Å². The first-order valence-electron chi connectivity index (χ1n) is 17.9. The Balaban J connectivity index is 1.49. The minimum atomic E-state index is -0.435. The van der Waals surface area contributed by atoms with E-state index in [9.17, 15) is 9.59 Å². The Kier molecular flexibility index (Phi) is 12.9. The Morgan fingerprint density at radius 2 is 1.45 bits per heavy atom. The van der Waals surface area contributed by atoms with Crippen molar-refractivity contribution in [1.82, 2.24) is 19.4 Å². The van der Waals surface area contributed by atoms with E-state index in [-0.39, 0.29) is 43.2 Å². The molecule has 0 aliphatic carbocycles. The first-order chi connectivity index (χ1) is 25.7. The topological polar surface area (TPSA) is 122 Å². The molecule has 280 valence electrons. The van der Waals surface area contributed by atoms with Crippen LogP contribution in [0.4, 0.5) is 0 Å². The molecule has 2 heterocycles. The van der Waals surface area contributed by atoms with Crippen LogP contribution in [0.1, 0.15) is 72.5 Å². The molecule has 2 unspecified atom stereocenters. The van der Waals surface area contributed by atoms with Gasteiger partial charge in [-0.1, -0.05) is 20.3 Å². The standard InChI is InChI=1S/C41H49N4O8/c1-9-12-26(4)34-21-32-35(45(34)10-2)17-29(41(47)52-11-3)18-38(32)53-39-23-42-33(22-43-39)40(46)44(24-27-13-15-30(48-5)19-36(27)50-7)25-28-14-16-31(49-6)20-37(28)51-8/h13-23,26,34H,9-12,24-25H2,1-8H3/q+1. The van der Waals surface area contributed by atoms with E-state index in [1.165, 1.54) is 12.4 Å². The lowest BCUT2D eigenvalue weighted by atomic mass is 9.96. The number of nitrogens with zero attached hydrogens (tertiary/aromatic N) is 4. The molecule has 0 spiro atoms. The number of esters is 1. The van der Waals surface area contributed by atoms with Gasteiger partial charge in [-0.05, 0) is 50.6 Å². The Bertz CT molecular complexity index is 1990. The number of amides is 1. The third-order valence-electron chi connectivity index (χ3n) is 9.37. The molecule has 1 amide bonds. The number of rotatable bonds is 17. The van der Waals surface area contributed by atoms with Crippen molar-refractivity contribution in [3.05, 3.63) is 93.9 Å². The predicted molar refractivity (Wildman–Crippen MR) is 201 cm³/mol. The molecule has 12 nitrogen and oxygen atoms in total. The summed E-state index contributed by atoms with van der Waals surface area (Å²) in [6, 6.07) is 14.6. The lowest BCUT2D eigenvalue weighted by molar-refractivity contribution is 0.0525. The fourth-order valence-corrected chi connectivity index (χ4v) is 6.66. The van der Waals surface area contributed by atoms with Gasteiger partial charge in [0.15, 0.2) is 6.04 Å². The number of hydrogen-bond donors (Lipinski definition) is 0. The van der Waals surface area contributed by atoms with Crippen LogP contribution in [-0.4, -0.2) is 74.4 Å². The number of methoxy groups -OCH3 is 4. The van der Waals surface area contributed by atoms with Crippen LogP contribution in [0, 0.1) is 5.92 Å². The summed E-state index contributed by atoms with van der Waals surface area (Å²) in [5.74, 6) is 2.62. The SMILES string of the molecule is CCCC(C)C1C=c2c(Oc3cnc(C(=O)N(Cc4ccc(OC)cc4OC)Cc4ccc(OC)cc4OC)cn3)cc(C(=O)OCC)cc2=[N+]1CC. The molecular formula is C41H49N4O8+. The summed E-state index contributed by atoms with van der Waals surface area (Å²) in [6.07, 6.45) is 7.13. The van der Waals surface area contributed by atoms with Crippen LogP contribution in [0.5, 0.6) is 34.6 Å². The van der Waals surface area contributed by atoms with Crippen molar-refractivity contribution in [2.75, 3.05) is 41.6 Å². The minimum absolute atomic E-state index is 0.111. The summed E-state index contributed by atoms with van der Waals surface area (Å²) in [6.45, 7) is 9.69. The first-order valence-corrected chi connectivity index (χ1v) is 17.9. The van der Waals surface area contributed by atoms with Crippen LogP contribution in [-0.2, 0) is 17.8 Å². The highest BCUT2D eigenvalue weighted by Gasteiger charge is 2.31. The number of hydrogen-bond acceptors (Lipinski definition) is 10. The van der Waals surface area contributed by atoms with E-state index in [0.717, 1.165) is 41.1 Å². The third kappa shape index (κ3) is 8.70. The smallest absolute Gasteiger partial charge is 0.338 e. The normalized spacial score (nSPS) is 13.7. The van der Waals surface area contributed by atoms with Gasteiger partial charge in [0.05, 0.1) is 71.3 Å². The highest BCUT2D eigenvalue weighted by molar-refractivity contribution is 5.92. The van der Waals surface area contributed by atoms with Crippen LogP contribution in [0.3, 0.4) is 0 Å². The van der Waals surface area contributed by atoms with Crippen LogP contribution in [0.25, 0.3) is 6.08 Å². The lowest BCUT2D eigenvalue weighted by Crippen LogP contribution is -2.40. The molecule has 1 aliphatic heterocycles. The number of carbonyl (C=O) groups excluding carboxylic acids is 2. The summed E-state index contributed by atoms with van der Waals surface area (Å²) in [4.78, 5) is 37.8. The monoisotopic (exact) mass is 725 g/mol. The van der Waals surface area contributed by atoms with Crippen LogP contribution in [0.2, 0.25) is 0 Å². The van der Waals surface area contributed by atoms with E-state index in [1.807, 2.05) is 30.3 Å². The Labute approximate surface area is 310 Å². The minimum Gasteiger partial charge on any atom is -0.497 e. The second-order valence-electron chi connectivity index (χ2n) is 12.7. The van der Waals surface area contributed by atoms with Gasteiger partial charge in [0, 0.05) is 41.3 Å². The van der Waals surface area contributed by atoms with Crippen LogP contribution < -0.4 is 38.8 Å². The molecule has 0 N–H and O–H groups in total. The molecule has 3 aromatic carbocycles. The highest BCUT2D eigenvalue weighted by Crippen LogP contribution is 2.30. The van der Waals surface area contributed by atoms with Crippen LogP contribution in [0.15, 0.2) is 60.9 Å². The van der Waals surface area contributed by atoms with Gasteiger partial charge >= 0.3 is 5.97 Å². The Morgan fingerprint density at radius 3 is 1.96 bits per heavy atom. The summed E-state index contributed by atoms with van der Waals surface area (Å²) >= 11 is 0. The molecule has 4 aromatic rings. The maximum atomic E-state index is 14.2. The molecular weight excluding hydrogens is 676 g/mol. The van der Waals surface area contributed by atoms with Gasteiger partial charge in [-0.15, -0.1) is 0 Å². The van der Waals surface area contributed by atoms with Gasteiger partial charge in [0.1, 0.15) is 41.0 Å². The zero-order valence-corrected chi connectivity index (χ0v) is 31.8. The van der Waals surface area contributed by atoms with Gasteiger partial charge in [-0.3, -0.25) is 4.79 Å². The maximum Gasteiger partial charge on any atom is 0.338 e. The first kappa shape index (κ1) is 38.6. The lowest BCUT2D eigenvalue weighted by Gasteiger charge is -2.25. The molecule has 0 saturated carbocycles. The van der Waals surface area contributed by atoms with Crippen molar-refractivity contribution >= 4 is 18.0 Å². The molecule has 12 heteroatoms. The molecule has 0 saturated heterocycles. The molecule has 0 fully saturated rings. The van der Waals surface area contributed by atoms with Gasteiger partial charge < -0.3 is 33.3 Å². The largest absolute Gasteiger partial charge is 0.497 e. The van der Waals surface area contributed by atoms with Crippen molar-refractivity contribution in [3.63, 3.8) is 0 Å². The van der Waals surface area contributed by atoms with Gasteiger partial charge in [0.25, 0.3) is 5.91 Å². The number of carbonyl (C=O) groups is 2. The zero-order chi connectivity index (χ0) is 38.1. The molecule has 53 heavy (non-hydrogen) atoms. The number of benzene rings is 3. The average molecular weight is 726 g/mol. The molecule has 0 bridgehead atoms. The van der Waals surface area contributed by atoms with E-state index >= 15 is 0 Å². The van der Waals surface area contributed by atoms with Crippen LogP contribution >= 0.6 is 0 Å². The Hall–Kier alpha value is -5.65. The van der Waals surface area contributed by atoms with E-state index in [2.05, 4.69) is 41.4 Å². The fraction of sp³-hybridized carbons (Fsp3) is 0.390. The third-order valence-corrected chi connectivity index (χ3v) is 9.37. The van der Waals surface area contributed by atoms with Crippen molar-refractivity contribution in [2.45, 2.75) is 59.7 Å². The Morgan fingerprint density at radius 1 is 0.811 bits per heavy atom. The number of ether oxygens (including phenoxy) is 6. The highest BCUT2D eigenvalue weighted by atomic mass is 16.5. The summed E-state index contributed by atoms with van der Waals surface area (Å²) in [5.41, 5.74) is 2.03. The summed E-state index contributed by atoms with van der Waals surface area (Å²) < 4.78 is 36.0. The predicted octanol–water partition coefficient (Wildman–Crippen LogP) is 5.43. The van der Waals surface area contributed by atoms with E-state index in [1.54, 1.807) is 58.5 Å². The van der Waals surface area contributed by atoms with Crippen molar-refractivity contribution in [3.8, 4) is 34.6 Å². The van der Waals surface area contributed by atoms with Gasteiger partial charge in [-0.25, -0.2) is 19.3 Å². The van der Waals surface area contributed by atoms with Crippen molar-refractivity contribution < 1.29 is 38.0 Å². The molecule has 1 aliphatic rings. The van der Waals surface area contributed by atoms with Crippen molar-refractivity contribution in [1.29, 1.82) is 0 Å². The van der Waals surface area contributed by atoms with E-state index < -0.39 is 5.97 Å². The second kappa shape index (κ2) is 17.7. The molecule has 5 rings (SSSR count). The molecule has 0 radical (unpaired) electrons. The van der Waals surface area contributed by atoms with Gasteiger partial charge in [0.2, 0.25) is 11.2 Å². The maximum absolute atomic E-state index is 14.2. The van der Waals surface area contributed by atoms with Crippen molar-refractivity contribution in [2.24, 2.45) is 5.92 Å². The zero-order valence-electron chi connectivity index (χ0n) is 31.8. The second-order valence-corrected chi connectivity index (χ2v) is 12.7. The number of fused-ring (bicyclic) bond motifs is 1. The average Bonchev–Trinajstić information content (AvgIpc) is 3.57. The fourth-order valence-electron chi connectivity index (χ4n) is 6.66. The summed E-state index contributed by atoms with van der Waals surface area (Å²) in [5, 5.41) is 1.78.